The summed E-state index contributed by atoms with van der Waals surface area (Å²) < 4.78 is 10.3. The van der Waals surface area contributed by atoms with Crippen molar-refractivity contribution in [2.24, 2.45) is 11.8 Å². The molecule has 2 aliphatic rings. The summed E-state index contributed by atoms with van der Waals surface area (Å²) in [5, 5.41) is 4.69. The number of piperidine rings is 2. The van der Waals surface area contributed by atoms with Crippen molar-refractivity contribution in [3.8, 4) is 11.4 Å². The maximum Gasteiger partial charge on any atom is 0.308 e. The highest BCUT2D eigenvalue weighted by Gasteiger charge is 2.33. The Hall–Kier alpha value is -2.45. The Kier molecular flexibility index (Phi) is 6.87. The number of amides is 1. The van der Waals surface area contributed by atoms with Gasteiger partial charge >= 0.3 is 5.97 Å². The number of methoxy groups -OCH3 is 1. The molecule has 0 radical (unpaired) electrons. The number of ether oxygens (including phenoxy) is 1. The number of nitrogens with zero attached hydrogens (tertiary/aromatic N) is 4. The second-order valence-corrected chi connectivity index (χ2v) is 8.66. The highest BCUT2D eigenvalue weighted by Crippen LogP contribution is 2.25. The number of benzene rings is 1. The molecule has 166 valence electrons. The first-order valence-electron chi connectivity index (χ1n) is 10.7. The third kappa shape index (κ3) is 5.25. The van der Waals surface area contributed by atoms with Crippen molar-refractivity contribution in [1.29, 1.82) is 0 Å². The van der Waals surface area contributed by atoms with Gasteiger partial charge in [-0.15, -0.1) is 0 Å². The van der Waals surface area contributed by atoms with Crippen LogP contribution in [0.3, 0.4) is 0 Å². The fraction of sp³-hybridized carbons (Fsp3) is 0.545. The van der Waals surface area contributed by atoms with Gasteiger partial charge in [-0.3, -0.25) is 14.5 Å². The van der Waals surface area contributed by atoms with Gasteiger partial charge in [-0.1, -0.05) is 28.9 Å². The van der Waals surface area contributed by atoms with E-state index in [1.54, 1.807) is 12.1 Å². The van der Waals surface area contributed by atoms with E-state index in [0.29, 0.717) is 55.8 Å². The summed E-state index contributed by atoms with van der Waals surface area (Å²) in [7, 11) is 1.41. The van der Waals surface area contributed by atoms with E-state index in [9.17, 15) is 9.59 Å². The number of likely N-dealkylation sites (tertiary alicyclic amines) is 2. The highest BCUT2D eigenvalue weighted by molar-refractivity contribution is 6.30. The molecule has 9 heteroatoms. The van der Waals surface area contributed by atoms with Gasteiger partial charge in [0.1, 0.15) is 0 Å². The average Bonchev–Trinajstić information content (AvgIpc) is 3.27. The molecule has 0 spiro atoms. The summed E-state index contributed by atoms with van der Waals surface area (Å²) in [6.07, 6.45) is 3.17. The molecule has 1 aromatic heterocycles. The second-order valence-electron chi connectivity index (χ2n) is 8.22. The standard InChI is InChI=1S/C22H27ClN4O4/c1-30-22(29)15-7-10-27(11-8-15)21(28)17-5-3-9-26(13-17)14-19-24-20(25-31-19)16-4-2-6-18(23)12-16/h2,4,6,12,15,17H,3,5,7-11,13-14H2,1H3. The van der Waals surface area contributed by atoms with Crippen LogP contribution in [-0.2, 0) is 20.9 Å². The Morgan fingerprint density at radius 2 is 2.00 bits per heavy atom. The Morgan fingerprint density at radius 3 is 2.74 bits per heavy atom. The Bertz CT molecular complexity index is 926. The molecule has 1 amide bonds. The van der Waals surface area contributed by atoms with Gasteiger partial charge in [0.15, 0.2) is 0 Å². The Labute approximate surface area is 186 Å². The van der Waals surface area contributed by atoms with Crippen molar-refractivity contribution in [3.05, 3.63) is 35.2 Å². The predicted molar refractivity (Wildman–Crippen MR) is 114 cm³/mol. The molecule has 1 unspecified atom stereocenters. The molecule has 2 saturated heterocycles. The van der Waals surface area contributed by atoms with Crippen LogP contribution < -0.4 is 0 Å². The van der Waals surface area contributed by atoms with Gasteiger partial charge < -0.3 is 14.2 Å². The predicted octanol–water partition coefficient (Wildman–Crippen LogP) is 3.01. The normalized spacial score (nSPS) is 20.6. The van der Waals surface area contributed by atoms with Gasteiger partial charge in [0, 0.05) is 30.2 Å². The summed E-state index contributed by atoms with van der Waals surface area (Å²) in [4.78, 5) is 33.3. The Balaban J connectivity index is 1.32. The number of hydrogen-bond donors (Lipinski definition) is 0. The lowest BCUT2D eigenvalue weighted by Gasteiger charge is -2.37. The number of esters is 1. The van der Waals surface area contributed by atoms with E-state index in [0.717, 1.165) is 24.9 Å². The zero-order chi connectivity index (χ0) is 21.8. The maximum absolute atomic E-state index is 13.0. The monoisotopic (exact) mass is 446 g/mol. The van der Waals surface area contributed by atoms with Gasteiger partial charge in [-0.2, -0.15) is 4.98 Å². The van der Waals surface area contributed by atoms with Crippen LogP contribution in [0.1, 0.15) is 31.6 Å². The number of carbonyl (C=O) groups excluding carboxylic acids is 2. The lowest BCUT2D eigenvalue weighted by molar-refractivity contribution is -0.150. The Morgan fingerprint density at radius 1 is 1.19 bits per heavy atom. The summed E-state index contributed by atoms with van der Waals surface area (Å²) in [5.74, 6) is 0.908. The van der Waals surface area contributed by atoms with E-state index in [2.05, 4.69) is 15.0 Å². The van der Waals surface area contributed by atoms with Crippen LogP contribution in [0.5, 0.6) is 0 Å². The second kappa shape index (κ2) is 9.78. The van der Waals surface area contributed by atoms with Crippen LogP contribution in [0.25, 0.3) is 11.4 Å². The fourth-order valence-electron chi connectivity index (χ4n) is 4.42. The molecule has 0 aliphatic carbocycles. The first kappa shape index (κ1) is 21.8. The summed E-state index contributed by atoms with van der Waals surface area (Å²) in [6.45, 7) is 3.30. The van der Waals surface area contributed by atoms with Crippen molar-refractivity contribution in [3.63, 3.8) is 0 Å². The summed E-state index contributed by atoms with van der Waals surface area (Å²) >= 11 is 6.04. The van der Waals surface area contributed by atoms with Gasteiger partial charge in [0.05, 0.1) is 25.5 Å². The minimum Gasteiger partial charge on any atom is -0.469 e. The maximum atomic E-state index is 13.0. The van der Waals surface area contributed by atoms with Crippen molar-refractivity contribution < 1.29 is 18.8 Å². The van der Waals surface area contributed by atoms with E-state index >= 15 is 0 Å². The smallest absolute Gasteiger partial charge is 0.308 e. The fourth-order valence-corrected chi connectivity index (χ4v) is 4.61. The topological polar surface area (TPSA) is 88.8 Å². The minimum atomic E-state index is -0.173. The lowest BCUT2D eigenvalue weighted by atomic mass is 9.93. The molecule has 2 aliphatic heterocycles. The van der Waals surface area contributed by atoms with E-state index in [-0.39, 0.29) is 23.7 Å². The molecular weight excluding hydrogens is 420 g/mol. The van der Waals surface area contributed by atoms with E-state index in [1.807, 2.05) is 17.0 Å². The first-order valence-corrected chi connectivity index (χ1v) is 11.1. The van der Waals surface area contributed by atoms with Crippen LogP contribution in [-0.4, -0.2) is 65.1 Å². The van der Waals surface area contributed by atoms with Gasteiger partial charge in [0.25, 0.3) is 0 Å². The van der Waals surface area contributed by atoms with E-state index in [1.165, 1.54) is 7.11 Å². The molecule has 2 fully saturated rings. The van der Waals surface area contributed by atoms with Crippen LogP contribution >= 0.6 is 11.6 Å². The number of hydrogen-bond acceptors (Lipinski definition) is 7. The van der Waals surface area contributed by atoms with Gasteiger partial charge in [-0.05, 0) is 44.4 Å². The molecule has 0 saturated carbocycles. The number of rotatable bonds is 5. The van der Waals surface area contributed by atoms with E-state index < -0.39 is 0 Å². The third-order valence-electron chi connectivity index (χ3n) is 6.11. The minimum absolute atomic E-state index is 0.0428. The SMILES string of the molecule is COC(=O)C1CCN(C(=O)C2CCCN(Cc3nc(-c4cccc(Cl)c4)no3)C2)CC1. The lowest BCUT2D eigenvalue weighted by Crippen LogP contribution is -2.47. The number of carbonyl (C=O) groups is 2. The molecule has 0 N–H and O–H groups in total. The van der Waals surface area contributed by atoms with Gasteiger partial charge in [-0.25, -0.2) is 0 Å². The molecule has 3 heterocycles. The van der Waals surface area contributed by atoms with Crippen LogP contribution in [0.2, 0.25) is 5.02 Å². The largest absolute Gasteiger partial charge is 0.469 e. The zero-order valence-electron chi connectivity index (χ0n) is 17.6. The molecular formula is C22H27ClN4O4. The quantitative estimate of drug-likeness (QED) is 0.652. The van der Waals surface area contributed by atoms with E-state index in [4.69, 9.17) is 20.9 Å². The first-order chi connectivity index (χ1) is 15.0. The zero-order valence-corrected chi connectivity index (χ0v) is 18.4. The van der Waals surface area contributed by atoms with Gasteiger partial charge in [0.2, 0.25) is 17.6 Å². The summed E-state index contributed by atoms with van der Waals surface area (Å²) in [5.41, 5.74) is 0.810. The molecule has 1 atom stereocenters. The molecule has 1 aromatic carbocycles. The van der Waals surface area contributed by atoms with Crippen molar-refractivity contribution >= 4 is 23.5 Å². The molecule has 0 bridgehead atoms. The summed E-state index contributed by atoms with van der Waals surface area (Å²) in [6, 6.07) is 7.34. The molecule has 8 nitrogen and oxygen atoms in total. The third-order valence-corrected chi connectivity index (χ3v) is 6.34. The number of aromatic nitrogens is 2. The van der Waals surface area contributed by atoms with Crippen LogP contribution in [0.4, 0.5) is 0 Å². The number of halogens is 1. The highest BCUT2D eigenvalue weighted by atomic mass is 35.5. The molecule has 2 aromatic rings. The molecule has 4 rings (SSSR count). The van der Waals surface area contributed by atoms with Crippen molar-refractivity contribution in [2.45, 2.75) is 32.2 Å². The average molecular weight is 447 g/mol. The molecule has 31 heavy (non-hydrogen) atoms. The van der Waals surface area contributed by atoms with Crippen LogP contribution in [0.15, 0.2) is 28.8 Å². The van der Waals surface area contributed by atoms with Crippen LogP contribution in [0, 0.1) is 11.8 Å². The van der Waals surface area contributed by atoms with Crippen molar-refractivity contribution in [1.82, 2.24) is 19.9 Å². The van der Waals surface area contributed by atoms with Crippen molar-refractivity contribution in [2.75, 3.05) is 33.3 Å².